The van der Waals surface area contributed by atoms with Crippen molar-refractivity contribution in [2.45, 2.75) is 33.6 Å². The number of aromatic nitrogens is 1. The quantitative estimate of drug-likeness (QED) is 0.502. The van der Waals surface area contributed by atoms with E-state index < -0.39 is 0 Å². The van der Waals surface area contributed by atoms with E-state index in [2.05, 4.69) is 42.7 Å². The summed E-state index contributed by atoms with van der Waals surface area (Å²) in [5.41, 5.74) is 6.08. The molecular weight excluding hydrogens is 380 g/mol. The summed E-state index contributed by atoms with van der Waals surface area (Å²) >= 11 is 6.11. The van der Waals surface area contributed by atoms with Gasteiger partial charge >= 0.3 is 0 Å². The van der Waals surface area contributed by atoms with E-state index in [9.17, 15) is 4.79 Å². The van der Waals surface area contributed by atoms with Crippen LogP contribution in [0.5, 0.6) is 0 Å². The Morgan fingerprint density at radius 1 is 1.00 bits per heavy atom. The molecule has 29 heavy (non-hydrogen) atoms. The van der Waals surface area contributed by atoms with Crippen LogP contribution in [0.15, 0.2) is 54.6 Å². The van der Waals surface area contributed by atoms with E-state index in [0.29, 0.717) is 10.9 Å². The van der Waals surface area contributed by atoms with Gasteiger partial charge in [0, 0.05) is 29.5 Å². The highest BCUT2D eigenvalue weighted by molar-refractivity contribution is 6.30. The molecule has 150 valence electrons. The molecule has 1 aromatic heterocycles. The van der Waals surface area contributed by atoms with Crippen LogP contribution in [-0.2, 0) is 0 Å². The molecule has 1 fully saturated rings. The average Bonchev–Trinajstić information content (AvgIpc) is 3.06. The van der Waals surface area contributed by atoms with E-state index in [4.69, 9.17) is 11.6 Å². The SMILES string of the molecule is Cc1cccc(-n2c(-c3ccc(Cl)cc3)cc(C(=O)N3CCC(C)CC3)c2C)c1. The van der Waals surface area contributed by atoms with Gasteiger partial charge in [-0.2, -0.15) is 0 Å². The molecule has 0 unspecified atom stereocenters. The van der Waals surface area contributed by atoms with Crippen molar-refractivity contribution in [1.82, 2.24) is 9.47 Å². The molecule has 2 heterocycles. The number of nitrogens with zero attached hydrogens (tertiary/aromatic N) is 2. The molecule has 4 heteroatoms. The van der Waals surface area contributed by atoms with Crippen molar-refractivity contribution in [1.29, 1.82) is 0 Å². The molecule has 0 radical (unpaired) electrons. The number of rotatable bonds is 3. The maximum atomic E-state index is 13.4. The summed E-state index contributed by atoms with van der Waals surface area (Å²) in [7, 11) is 0. The molecule has 4 rings (SSSR count). The normalized spacial score (nSPS) is 15.0. The van der Waals surface area contributed by atoms with E-state index in [0.717, 1.165) is 54.1 Å². The fourth-order valence-corrected chi connectivity index (χ4v) is 4.26. The third-order valence-electron chi connectivity index (χ3n) is 5.95. The first-order valence-corrected chi connectivity index (χ1v) is 10.7. The Labute approximate surface area is 177 Å². The lowest BCUT2D eigenvalue weighted by molar-refractivity contribution is 0.0696. The average molecular weight is 407 g/mol. The van der Waals surface area contributed by atoms with Crippen LogP contribution in [0.2, 0.25) is 5.02 Å². The molecule has 3 nitrogen and oxygen atoms in total. The van der Waals surface area contributed by atoms with Gasteiger partial charge in [0.05, 0.1) is 11.3 Å². The number of benzene rings is 2. The number of halogens is 1. The minimum atomic E-state index is 0.135. The molecule has 1 saturated heterocycles. The molecule has 3 aromatic rings. The summed E-state index contributed by atoms with van der Waals surface area (Å²) in [6.45, 7) is 8.07. The van der Waals surface area contributed by atoms with Crippen LogP contribution in [-0.4, -0.2) is 28.5 Å². The zero-order valence-electron chi connectivity index (χ0n) is 17.3. The lowest BCUT2D eigenvalue weighted by Gasteiger charge is -2.30. The number of hydrogen-bond acceptors (Lipinski definition) is 1. The van der Waals surface area contributed by atoms with Crippen molar-refractivity contribution in [3.8, 4) is 16.9 Å². The monoisotopic (exact) mass is 406 g/mol. The van der Waals surface area contributed by atoms with Gasteiger partial charge < -0.3 is 9.47 Å². The molecule has 0 atom stereocenters. The summed E-state index contributed by atoms with van der Waals surface area (Å²) < 4.78 is 2.19. The van der Waals surface area contributed by atoms with E-state index >= 15 is 0 Å². The van der Waals surface area contributed by atoms with Gasteiger partial charge in [0.25, 0.3) is 5.91 Å². The highest BCUT2D eigenvalue weighted by atomic mass is 35.5. The number of piperidine rings is 1. The number of likely N-dealkylation sites (tertiary alicyclic amines) is 1. The summed E-state index contributed by atoms with van der Waals surface area (Å²) in [4.78, 5) is 15.4. The Kier molecular flexibility index (Phi) is 5.51. The first-order valence-electron chi connectivity index (χ1n) is 10.3. The van der Waals surface area contributed by atoms with Crippen LogP contribution < -0.4 is 0 Å². The van der Waals surface area contributed by atoms with Crippen LogP contribution in [0.3, 0.4) is 0 Å². The first kappa shape index (κ1) is 19.8. The van der Waals surface area contributed by atoms with Gasteiger partial charge in [-0.1, -0.05) is 42.8 Å². The minimum absolute atomic E-state index is 0.135. The second kappa shape index (κ2) is 8.08. The van der Waals surface area contributed by atoms with Gasteiger partial charge in [-0.3, -0.25) is 4.79 Å². The van der Waals surface area contributed by atoms with Crippen molar-refractivity contribution < 1.29 is 4.79 Å². The number of carbonyl (C=O) groups is 1. The van der Waals surface area contributed by atoms with Crippen molar-refractivity contribution in [3.05, 3.63) is 76.4 Å². The lowest BCUT2D eigenvalue weighted by Crippen LogP contribution is -2.38. The van der Waals surface area contributed by atoms with Crippen LogP contribution >= 0.6 is 11.6 Å². The van der Waals surface area contributed by atoms with Gasteiger partial charge in [-0.25, -0.2) is 0 Å². The van der Waals surface area contributed by atoms with Gasteiger partial charge in [0.2, 0.25) is 0 Å². The first-order chi connectivity index (χ1) is 13.9. The maximum absolute atomic E-state index is 13.4. The van der Waals surface area contributed by atoms with Gasteiger partial charge in [-0.15, -0.1) is 0 Å². The van der Waals surface area contributed by atoms with Crippen molar-refractivity contribution in [2.24, 2.45) is 5.92 Å². The largest absolute Gasteiger partial charge is 0.339 e. The predicted molar refractivity (Wildman–Crippen MR) is 120 cm³/mol. The molecule has 0 spiro atoms. The molecule has 1 amide bonds. The standard InChI is InChI=1S/C25H27ClN2O/c1-17-11-13-27(14-12-17)25(29)23-16-24(20-7-9-21(26)10-8-20)28(19(23)3)22-6-4-5-18(2)15-22/h4-10,15-17H,11-14H2,1-3H3. The second-order valence-electron chi connectivity index (χ2n) is 8.18. The number of carbonyl (C=O) groups excluding carboxylic acids is 1. The molecule has 0 bridgehead atoms. The van der Waals surface area contributed by atoms with E-state index in [-0.39, 0.29) is 5.91 Å². The molecule has 2 aromatic carbocycles. The zero-order valence-corrected chi connectivity index (χ0v) is 18.0. The Morgan fingerprint density at radius 3 is 2.34 bits per heavy atom. The molecule has 0 saturated carbocycles. The van der Waals surface area contributed by atoms with Crippen molar-refractivity contribution in [3.63, 3.8) is 0 Å². The molecule has 0 N–H and O–H groups in total. The molecule has 0 aliphatic carbocycles. The molecule has 1 aliphatic rings. The molecule has 1 aliphatic heterocycles. The number of aryl methyl sites for hydroxylation is 1. The number of hydrogen-bond donors (Lipinski definition) is 0. The number of amides is 1. The van der Waals surface area contributed by atoms with Crippen molar-refractivity contribution in [2.75, 3.05) is 13.1 Å². The topological polar surface area (TPSA) is 25.2 Å². The minimum Gasteiger partial charge on any atom is -0.339 e. The third kappa shape index (κ3) is 3.97. The van der Waals surface area contributed by atoms with E-state index in [1.807, 2.05) is 42.2 Å². The summed E-state index contributed by atoms with van der Waals surface area (Å²) in [5, 5.41) is 0.706. The fourth-order valence-electron chi connectivity index (χ4n) is 4.14. The zero-order chi connectivity index (χ0) is 20.5. The Hall–Kier alpha value is -2.52. The van der Waals surface area contributed by atoms with Crippen LogP contribution in [0, 0.1) is 19.8 Å². The van der Waals surface area contributed by atoms with Gasteiger partial charge in [0.1, 0.15) is 0 Å². The Balaban J connectivity index is 1.82. The van der Waals surface area contributed by atoms with Gasteiger partial charge in [0.15, 0.2) is 0 Å². The predicted octanol–water partition coefficient (Wildman–Crippen LogP) is 6.29. The highest BCUT2D eigenvalue weighted by Crippen LogP contribution is 2.32. The van der Waals surface area contributed by atoms with Gasteiger partial charge in [-0.05, 0) is 74.1 Å². The van der Waals surface area contributed by atoms with Crippen LogP contribution in [0.25, 0.3) is 16.9 Å². The summed E-state index contributed by atoms with van der Waals surface area (Å²) in [6.07, 6.45) is 2.15. The Morgan fingerprint density at radius 2 is 1.69 bits per heavy atom. The Bertz CT molecular complexity index is 1030. The van der Waals surface area contributed by atoms with Crippen LogP contribution in [0.4, 0.5) is 0 Å². The molecular formula is C25H27ClN2O. The smallest absolute Gasteiger partial charge is 0.255 e. The van der Waals surface area contributed by atoms with Crippen LogP contribution in [0.1, 0.15) is 41.4 Å². The maximum Gasteiger partial charge on any atom is 0.255 e. The summed E-state index contributed by atoms with van der Waals surface area (Å²) in [5.74, 6) is 0.831. The second-order valence-corrected chi connectivity index (χ2v) is 8.62. The third-order valence-corrected chi connectivity index (χ3v) is 6.20. The fraction of sp³-hybridized carbons (Fsp3) is 0.320. The van der Waals surface area contributed by atoms with E-state index in [1.165, 1.54) is 5.56 Å². The highest BCUT2D eigenvalue weighted by Gasteiger charge is 2.26. The van der Waals surface area contributed by atoms with Crippen molar-refractivity contribution >= 4 is 17.5 Å². The summed E-state index contributed by atoms with van der Waals surface area (Å²) in [6, 6.07) is 18.3. The lowest BCUT2D eigenvalue weighted by atomic mass is 9.98. The van der Waals surface area contributed by atoms with E-state index in [1.54, 1.807) is 0 Å².